The summed E-state index contributed by atoms with van der Waals surface area (Å²) < 4.78 is 45.5. The summed E-state index contributed by atoms with van der Waals surface area (Å²) in [6, 6.07) is 6.76. The van der Waals surface area contributed by atoms with Crippen molar-refractivity contribution in [3.63, 3.8) is 0 Å². The number of rotatable bonds is 6. The number of carbonyl (C=O) groups excluding carboxylic acids is 1. The third-order valence-corrected chi connectivity index (χ3v) is 4.61. The highest BCUT2D eigenvalue weighted by Crippen LogP contribution is 2.24. The van der Waals surface area contributed by atoms with Crippen LogP contribution in [0.15, 0.2) is 41.7 Å². The highest BCUT2D eigenvalue weighted by molar-refractivity contribution is 7.99. The van der Waals surface area contributed by atoms with Gasteiger partial charge in [-0.25, -0.2) is 9.97 Å². The number of alkyl halides is 3. The monoisotopic (exact) mass is 414 g/mol. The van der Waals surface area contributed by atoms with Gasteiger partial charge in [0.15, 0.2) is 0 Å². The molecule has 1 aromatic heterocycles. The molecule has 2 aromatic rings. The van der Waals surface area contributed by atoms with Crippen molar-refractivity contribution < 1.29 is 27.4 Å². The van der Waals surface area contributed by atoms with Gasteiger partial charge in [0.05, 0.1) is 19.0 Å². The fourth-order valence-electron chi connectivity index (χ4n) is 2.45. The number of nitrogens with zero attached hydrogens (tertiary/aromatic N) is 3. The molecule has 0 radical (unpaired) electrons. The minimum absolute atomic E-state index is 0.0976. The van der Waals surface area contributed by atoms with E-state index in [4.69, 9.17) is 4.74 Å². The van der Waals surface area contributed by atoms with Crippen LogP contribution in [0.1, 0.15) is 0 Å². The molecular formula is C17H17F3N4O3S. The second kappa shape index (κ2) is 9.11. The van der Waals surface area contributed by atoms with E-state index in [0.29, 0.717) is 23.9 Å². The highest BCUT2D eigenvalue weighted by atomic mass is 32.2. The smallest absolute Gasteiger partial charge is 0.406 e. The largest absolute Gasteiger partial charge is 0.573 e. The fourth-order valence-corrected chi connectivity index (χ4v) is 3.11. The minimum atomic E-state index is -4.75. The Hall–Kier alpha value is -2.53. The lowest BCUT2D eigenvalue weighted by Gasteiger charge is -2.27. The van der Waals surface area contributed by atoms with E-state index in [1.807, 2.05) is 6.07 Å². The number of carbonyl (C=O) groups is 1. The maximum absolute atomic E-state index is 12.1. The molecule has 0 bridgehead atoms. The summed E-state index contributed by atoms with van der Waals surface area (Å²) in [5.74, 6) is 0.222. The third-order valence-electron chi connectivity index (χ3n) is 3.69. The zero-order chi connectivity index (χ0) is 20.0. The van der Waals surface area contributed by atoms with Crippen LogP contribution < -0.4 is 15.0 Å². The molecule has 0 saturated carbocycles. The number of amides is 1. The number of hydrogen-bond acceptors (Lipinski definition) is 7. The second-order valence-electron chi connectivity index (χ2n) is 5.72. The van der Waals surface area contributed by atoms with Gasteiger partial charge < -0.3 is 19.7 Å². The topological polar surface area (TPSA) is 76.6 Å². The number of halogens is 3. The predicted molar refractivity (Wildman–Crippen MR) is 97.5 cm³/mol. The Morgan fingerprint density at radius 2 is 1.93 bits per heavy atom. The van der Waals surface area contributed by atoms with Crippen molar-refractivity contribution in [1.29, 1.82) is 0 Å². The molecule has 11 heteroatoms. The van der Waals surface area contributed by atoms with Gasteiger partial charge in [-0.3, -0.25) is 4.79 Å². The molecule has 1 aliphatic rings. The van der Waals surface area contributed by atoms with Gasteiger partial charge in [0, 0.05) is 24.8 Å². The van der Waals surface area contributed by atoms with Gasteiger partial charge in [0.25, 0.3) is 0 Å². The number of ether oxygens (including phenoxy) is 2. The Kier molecular flexibility index (Phi) is 6.57. The van der Waals surface area contributed by atoms with E-state index in [0.717, 1.165) is 31.0 Å². The van der Waals surface area contributed by atoms with Gasteiger partial charge in [-0.05, 0) is 24.3 Å². The summed E-state index contributed by atoms with van der Waals surface area (Å²) in [5.41, 5.74) is 0.372. The van der Waals surface area contributed by atoms with Crippen LogP contribution in [0.3, 0.4) is 0 Å². The van der Waals surface area contributed by atoms with Crippen molar-refractivity contribution in [2.45, 2.75) is 11.4 Å². The van der Waals surface area contributed by atoms with E-state index >= 15 is 0 Å². The number of aromatic nitrogens is 2. The van der Waals surface area contributed by atoms with Crippen LogP contribution in [0.2, 0.25) is 0 Å². The summed E-state index contributed by atoms with van der Waals surface area (Å²) in [5, 5.41) is 3.27. The summed E-state index contributed by atoms with van der Waals surface area (Å²) in [6.07, 6.45) is -3.30. The van der Waals surface area contributed by atoms with E-state index in [9.17, 15) is 18.0 Å². The first kappa shape index (κ1) is 20.2. The molecule has 0 unspecified atom stereocenters. The first-order valence-corrected chi connectivity index (χ1v) is 9.31. The van der Waals surface area contributed by atoms with Crippen LogP contribution in [0, 0.1) is 0 Å². The Morgan fingerprint density at radius 1 is 1.21 bits per heavy atom. The number of benzene rings is 1. The third kappa shape index (κ3) is 6.27. The molecule has 1 amide bonds. The molecule has 0 atom stereocenters. The van der Waals surface area contributed by atoms with Crippen LogP contribution in [-0.4, -0.2) is 54.3 Å². The van der Waals surface area contributed by atoms with Crippen LogP contribution in [0.25, 0.3) is 0 Å². The van der Waals surface area contributed by atoms with E-state index in [-0.39, 0.29) is 17.4 Å². The Morgan fingerprint density at radius 3 is 2.61 bits per heavy atom. The Balaban J connectivity index is 1.50. The first-order chi connectivity index (χ1) is 13.4. The molecule has 1 aromatic carbocycles. The van der Waals surface area contributed by atoms with Gasteiger partial charge >= 0.3 is 6.36 Å². The van der Waals surface area contributed by atoms with E-state index in [1.165, 1.54) is 30.2 Å². The van der Waals surface area contributed by atoms with Gasteiger partial charge in [0.2, 0.25) is 5.91 Å². The Bertz CT molecular complexity index is 799. The number of anilines is 2. The number of thioether (sulfide) groups is 1. The maximum Gasteiger partial charge on any atom is 0.573 e. The summed E-state index contributed by atoms with van der Waals surface area (Å²) in [4.78, 5) is 22.6. The van der Waals surface area contributed by atoms with E-state index in [1.54, 1.807) is 0 Å². The maximum atomic E-state index is 12.1. The van der Waals surface area contributed by atoms with Crippen molar-refractivity contribution in [2.75, 3.05) is 42.3 Å². The molecular weight excluding hydrogens is 397 g/mol. The molecule has 2 heterocycles. The quantitative estimate of drug-likeness (QED) is 0.575. The van der Waals surface area contributed by atoms with Crippen LogP contribution in [0.4, 0.5) is 24.7 Å². The van der Waals surface area contributed by atoms with Gasteiger partial charge in [-0.2, -0.15) is 0 Å². The molecule has 1 N–H and O–H groups in total. The standard InChI is InChI=1S/C17H17F3N4O3S/c18-17(19,20)27-13-3-1-12(2-4-13)23-15(25)10-28-16-9-14(21-11-22-16)24-5-7-26-8-6-24/h1-4,9,11H,5-8,10H2,(H,23,25). The molecule has 1 aliphatic heterocycles. The molecule has 1 saturated heterocycles. The molecule has 0 aliphatic carbocycles. The molecule has 150 valence electrons. The van der Waals surface area contributed by atoms with E-state index in [2.05, 4.69) is 24.9 Å². The van der Waals surface area contributed by atoms with Crippen LogP contribution in [-0.2, 0) is 9.53 Å². The first-order valence-electron chi connectivity index (χ1n) is 8.32. The molecule has 0 spiro atoms. The van der Waals surface area contributed by atoms with Crippen molar-refractivity contribution in [3.8, 4) is 5.75 Å². The fraction of sp³-hybridized carbons (Fsp3) is 0.353. The Labute approximate surface area is 163 Å². The average molecular weight is 414 g/mol. The zero-order valence-corrected chi connectivity index (χ0v) is 15.4. The van der Waals surface area contributed by atoms with E-state index < -0.39 is 6.36 Å². The lowest BCUT2D eigenvalue weighted by molar-refractivity contribution is -0.274. The van der Waals surface area contributed by atoms with Gasteiger partial charge in [0.1, 0.15) is 22.9 Å². The number of hydrogen-bond donors (Lipinski definition) is 1. The van der Waals surface area contributed by atoms with Crippen LogP contribution >= 0.6 is 11.8 Å². The number of morpholine rings is 1. The molecule has 3 rings (SSSR count). The molecule has 1 fully saturated rings. The lowest BCUT2D eigenvalue weighted by atomic mass is 10.3. The molecule has 7 nitrogen and oxygen atoms in total. The van der Waals surface area contributed by atoms with Crippen molar-refractivity contribution >= 4 is 29.2 Å². The number of nitrogens with one attached hydrogen (secondary N) is 1. The van der Waals surface area contributed by atoms with Crippen LogP contribution in [0.5, 0.6) is 5.75 Å². The van der Waals surface area contributed by atoms with Gasteiger partial charge in [-0.15, -0.1) is 13.2 Å². The normalized spacial score (nSPS) is 14.6. The SMILES string of the molecule is O=C(CSc1cc(N2CCOCC2)ncn1)Nc1ccc(OC(F)(F)F)cc1. The minimum Gasteiger partial charge on any atom is -0.406 e. The van der Waals surface area contributed by atoms with Crippen molar-refractivity contribution in [2.24, 2.45) is 0 Å². The lowest BCUT2D eigenvalue weighted by Crippen LogP contribution is -2.36. The predicted octanol–water partition coefficient (Wildman–Crippen LogP) is 2.94. The average Bonchev–Trinajstić information content (AvgIpc) is 2.68. The molecule has 28 heavy (non-hydrogen) atoms. The van der Waals surface area contributed by atoms with Crippen molar-refractivity contribution in [3.05, 3.63) is 36.7 Å². The summed E-state index contributed by atoms with van der Waals surface area (Å²) in [7, 11) is 0. The summed E-state index contributed by atoms with van der Waals surface area (Å²) in [6.45, 7) is 2.77. The summed E-state index contributed by atoms with van der Waals surface area (Å²) >= 11 is 1.24. The van der Waals surface area contributed by atoms with Gasteiger partial charge in [-0.1, -0.05) is 11.8 Å². The second-order valence-corrected chi connectivity index (χ2v) is 6.72. The highest BCUT2D eigenvalue weighted by Gasteiger charge is 2.30. The zero-order valence-electron chi connectivity index (χ0n) is 14.6. The van der Waals surface area contributed by atoms with Crippen molar-refractivity contribution in [1.82, 2.24) is 9.97 Å².